The molecule has 0 amide bonds. The van der Waals surface area contributed by atoms with Crippen molar-refractivity contribution in [2.24, 2.45) is 0 Å². The molecule has 0 saturated heterocycles. The van der Waals surface area contributed by atoms with E-state index in [0.717, 1.165) is 28.3 Å². The van der Waals surface area contributed by atoms with Crippen LogP contribution in [-0.4, -0.2) is 38.8 Å². The highest BCUT2D eigenvalue weighted by molar-refractivity contribution is 5.78. The Hall–Kier alpha value is -3.68. The smallest absolute Gasteiger partial charge is 0.213 e. The van der Waals surface area contributed by atoms with Crippen LogP contribution in [-0.2, 0) is 0 Å². The molecule has 4 aromatic rings. The van der Waals surface area contributed by atoms with Gasteiger partial charge in [-0.1, -0.05) is 0 Å². The molecule has 8 heteroatoms. The Bertz CT molecular complexity index is 1030. The van der Waals surface area contributed by atoms with Gasteiger partial charge in [0.1, 0.15) is 5.82 Å². The minimum absolute atomic E-state index is 0.559. The van der Waals surface area contributed by atoms with Gasteiger partial charge in [-0.05, 0) is 18.2 Å². The van der Waals surface area contributed by atoms with Crippen molar-refractivity contribution in [1.29, 1.82) is 0 Å². The summed E-state index contributed by atoms with van der Waals surface area (Å²) in [7, 11) is 3.17. The fourth-order valence-electron chi connectivity index (χ4n) is 2.57. The van der Waals surface area contributed by atoms with E-state index in [0.29, 0.717) is 11.8 Å². The molecule has 4 aromatic heterocycles. The summed E-state index contributed by atoms with van der Waals surface area (Å²) in [4.78, 5) is 12.9. The maximum Gasteiger partial charge on any atom is 0.213 e. The summed E-state index contributed by atoms with van der Waals surface area (Å²) in [6.45, 7) is 0. The van der Waals surface area contributed by atoms with Crippen LogP contribution in [0.4, 0.5) is 11.5 Å². The van der Waals surface area contributed by atoms with Crippen molar-refractivity contribution in [2.75, 3.05) is 19.5 Å². The first kappa shape index (κ1) is 15.8. The molecule has 1 N–H and O–H groups in total. The number of anilines is 2. The molecule has 4 heterocycles. The van der Waals surface area contributed by atoms with E-state index in [1.807, 2.05) is 24.3 Å². The average Bonchev–Trinajstić information content (AvgIpc) is 3.14. The molecule has 0 aromatic carbocycles. The van der Waals surface area contributed by atoms with E-state index < -0.39 is 0 Å². The van der Waals surface area contributed by atoms with E-state index in [-0.39, 0.29) is 0 Å². The Morgan fingerprint density at radius 1 is 0.846 bits per heavy atom. The molecule has 0 bridgehead atoms. The van der Waals surface area contributed by atoms with Gasteiger partial charge in [0.2, 0.25) is 11.8 Å². The summed E-state index contributed by atoms with van der Waals surface area (Å²) in [5, 5.41) is 7.74. The fraction of sp³-hybridized carbons (Fsp3) is 0.111. The topological polar surface area (TPSA) is 86.5 Å². The molecule has 0 spiro atoms. The molecular weight excluding hydrogens is 332 g/mol. The predicted molar refractivity (Wildman–Crippen MR) is 96.8 cm³/mol. The lowest BCUT2D eigenvalue weighted by Gasteiger charge is -2.08. The summed E-state index contributed by atoms with van der Waals surface area (Å²) >= 11 is 0. The lowest BCUT2D eigenvalue weighted by atomic mass is 10.1. The number of nitrogens with one attached hydrogen (secondary N) is 1. The Kier molecular flexibility index (Phi) is 4.06. The van der Waals surface area contributed by atoms with E-state index in [4.69, 9.17) is 9.47 Å². The van der Waals surface area contributed by atoms with Gasteiger partial charge in [0.25, 0.3) is 0 Å². The average molecular weight is 348 g/mol. The van der Waals surface area contributed by atoms with Gasteiger partial charge in [0.05, 0.1) is 32.3 Å². The van der Waals surface area contributed by atoms with E-state index >= 15 is 0 Å². The number of rotatable bonds is 5. The fourth-order valence-corrected chi connectivity index (χ4v) is 2.57. The lowest BCUT2D eigenvalue weighted by molar-refractivity contribution is 0.398. The van der Waals surface area contributed by atoms with Crippen molar-refractivity contribution < 1.29 is 9.47 Å². The second-order valence-corrected chi connectivity index (χ2v) is 5.43. The summed E-state index contributed by atoms with van der Waals surface area (Å²) in [6.07, 6.45) is 6.94. The number of pyridine rings is 2. The van der Waals surface area contributed by atoms with E-state index in [1.165, 1.54) is 0 Å². The van der Waals surface area contributed by atoms with Gasteiger partial charge in [-0.2, -0.15) is 9.61 Å². The van der Waals surface area contributed by atoms with Gasteiger partial charge >= 0.3 is 0 Å². The highest BCUT2D eigenvalue weighted by Crippen LogP contribution is 2.26. The minimum atomic E-state index is 0.559. The minimum Gasteiger partial charge on any atom is -0.481 e. The molecule has 4 rings (SSSR count). The van der Waals surface area contributed by atoms with Gasteiger partial charge < -0.3 is 14.8 Å². The summed E-state index contributed by atoms with van der Waals surface area (Å²) in [5.41, 5.74) is 3.35. The number of methoxy groups -OCH3 is 2. The standard InChI is InChI=1S/C18H16N6O2/c1-25-16-5-3-12(9-20-16)14-11-22-24-15(7-8-19-18(14)24)23-13-4-6-17(26-2)21-10-13/h3-11,23H,1-2H3. The molecule has 130 valence electrons. The maximum absolute atomic E-state index is 5.10. The summed E-state index contributed by atoms with van der Waals surface area (Å²) < 4.78 is 11.9. The van der Waals surface area contributed by atoms with E-state index in [1.54, 1.807) is 49.6 Å². The van der Waals surface area contributed by atoms with Crippen molar-refractivity contribution in [3.8, 4) is 22.9 Å². The number of nitrogens with zero attached hydrogens (tertiary/aromatic N) is 5. The van der Waals surface area contributed by atoms with Crippen molar-refractivity contribution in [3.63, 3.8) is 0 Å². The lowest BCUT2D eigenvalue weighted by Crippen LogP contribution is -2.01. The molecule has 0 unspecified atom stereocenters. The zero-order valence-electron chi connectivity index (χ0n) is 14.2. The molecule has 26 heavy (non-hydrogen) atoms. The highest BCUT2D eigenvalue weighted by Gasteiger charge is 2.11. The van der Waals surface area contributed by atoms with Gasteiger partial charge in [0, 0.05) is 35.7 Å². The summed E-state index contributed by atoms with van der Waals surface area (Å²) in [5.74, 6) is 1.89. The first-order valence-electron chi connectivity index (χ1n) is 7.88. The Morgan fingerprint density at radius 3 is 2.27 bits per heavy atom. The highest BCUT2D eigenvalue weighted by atomic mass is 16.5. The Balaban J connectivity index is 1.69. The third-order valence-corrected chi connectivity index (χ3v) is 3.88. The quantitative estimate of drug-likeness (QED) is 0.593. The number of ether oxygens (including phenoxy) is 2. The molecule has 0 fully saturated rings. The number of hydrogen-bond acceptors (Lipinski definition) is 7. The SMILES string of the molecule is COc1ccc(Nc2ccnc3c(-c4ccc(OC)nc4)cnn23)cn1. The largest absolute Gasteiger partial charge is 0.481 e. The molecule has 0 saturated carbocycles. The van der Waals surface area contributed by atoms with E-state index in [9.17, 15) is 0 Å². The van der Waals surface area contributed by atoms with Crippen LogP contribution in [0.2, 0.25) is 0 Å². The van der Waals surface area contributed by atoms with Gasteiger partial charge in [-0.15, -0.1) is 0 Å². The van der Waals surface area contributed by atoms with Crippen LogP contribution in [0.3, 0.4) is 0 Å². The second kappa shape index (κ2) is 6.67. The molecule has 0 atom stereocenters. The number of hydrogen-bond donors (Lipinski definition) is 1. The monoisotopic (exact) mass is 348 g/mol. The predicted octanol–water partition coefficient (Wildman–Crippen LogP) is 2.95. The molecule has 8 nitrogen and oxygen atoms in total. The molecule has 0 radical (unpaired) electrons. The Morgan fingerprint density at radius 2 is 1.62 bits per heavy atom. The van der Waals surface area contributed by atoms with Crippen molar-refractivity contribution >= 4 is 17.2 Å². The number of aromatic nitrogens is 5. The second-order valence-electron chi connectivity index (χ2n) is 5.43. The molecule has 0 aliphatic rings. The zero-order chi connectivity index (χ0) is 17.9. The zero-order valence-corrected chi connectivity index (χ0v) is 14.2. The molecule has 0 aliphatic carbocycles. The van der Waals surface area contributed by atoms with Gasteiger partial charge in [-0.25, -0.2) is 15.0 Å². The van der Waals surface area contributed by atoms with Crippen LogP contribution in [0.25, 0.3) is 16.8 Å². The number of fused-ring (bicyclic) bond motifs is 1. The van der Waals surface area contributed by atoms with Crippen LogP contribution in [0, 0.1) is 0 Å². The van der Waals surface area contributed by atoms with Gasteiger partial charge in [0.15, 0.2) is 5.65 Å². The maximum atomic E-state index is 5.10. The molecule has 0 aliphatic heterocycles. The van der Waals surface area contributed by atoms with Crippen LogP contribution in [0.1, 0.15) is 0 Å². The van der Waals surface area contributed by atoms with Crippen LogP contribution < -0.4 is 14.8 Å². The third kappa shape index (κ3) is 2.88. The summed E-state index contributed by atoms with van der Waals surface area (Å²) in [6, 6.07) is 9.26. The van der Waals surface area contributed by atoms with Crippen molar-refractivity contribution in [3.05, 3.63) is 55.1 Å². The first-order valence-corrected chi connectivity index (χ1v) is 7.88. The van der Waals surface area contributed by atoms with Crippen LogP contribution in [0.15, 0.2) is 55.1 Å². The molecular formula is C18H16N6O2. The Labute approximate surface area is 149 Å². The van der Waals surface area contributed by atoms with Crippen LogP contribution >= 0.6 is 0 Å². The van der Waals surface area contributed by atoms with Crippen LogP contribution in [0.5, 0.6) is 11.8 Å². The van der Waals surface area contributed by atoms with Gasteiger partial charge in [-0.3, -0.25) is 0 Å². The van der Waals surface area contributed by atoms with Crippen molar-refractivity contribution in [1.82, 2.24) is 24.6 Å². The van der Waals surface area contributed by atoms with Crippen molar-refractivity contribution in [2.45, 2.75) is 0 Å². The van der Waals surface area contributed by atoms with E-state index in [2.05, 4.69) is 25.4 Å². The first-order chi connectivity index (χ1) is 12.8. The third-order valence-electron chi connectivity index (χ3n) is 3.88. The normalized spacial score (nSPS) is 10.7.